The normalized spacial score (nSPS) is 48.7. The van der Waals surface area contributed by atoms with Crippen LogP contribution < -0.4 is 0 Å². The van der Waals surface area contributed by atoms with Crippen molar-refractivity contribution >= 4 is 11.8 Å². The average Bonchev–Trinajstić information content (AvgIpc) is 2.85. The maximum absolute atomic E-state index is 12.1. The highest BCUT2D eigenvalue weighted by Crippen LogP contribution is 2.65. The molecule has 4 rings (SSSR count). The quantitative estimate of drug-likeness (QED) is 0.679. The monoisotopic (exact) mass is 316 g/mol. The predicted octanol–water partition coefficient (Wildman–Crippen LogP) is 4.27. The van der Waals surface area contributed by atoms with E-state index >= 15 is 0 Å². The van der Waals surface area contributed by atoms with Crippen LogP contribution in [0.15, 0.2) is 11.8 Å². The first-order valence-corrected chi connectivity index (χ1v) is 9.28. The molecule has 0 bridgehead atoms. The molecule has 126 valence electrons. The van der Waals surface area contributed by atoms with Crippen molar-refractivity contribution in [2.75, 3.05) is 0 Å². The highest BCUT2D eigenvalue weighted by atomic mass is 16.5. The van der Waals surface area contributed by atoms with Crippen LogP contribution in [-0.4, -0.2) is 11.8 Å². The summed E-state index contributed by atoms with van der Waals surface area (Å²) < 4.78 is 5.61. The highest BCUT2D eigenvalue weighted by molar-refractivity contribution is 5.79. The van der Waals surface area contributed by atoms with Crippen molar-refractivity contribution in [1.82, 2.24) is 0 Å². The van der Waals surface area contributed by atoms with Gasteiger partial charge in [-0.3, -0.25) is 9.59 Å². The van der Waals surface area contributed by atoms with Gasteiger partial charge in [-0.2, -0.15) is 0 Å². The summed E-state index contributed by atoms with van der Waals surface area (Å²) in [6.07, 6.45) is 9.29. The molecule has 0 aromatic carbocycles. The summed E-state index contributed by atoms with van der Waals surface area (Å²) >= 11 is 0. The molecule has 0 N–H and O–H groups in total. The molecule has 1 aliphatic heterocycles. The van der Waals surface area contributed by atoms with Crippen LogP contribution in [0.25, 0.3) is 0 Å². The van der Waals surface area contributed by atoms with Gasteiger partial charge in [0.1, 0.15) is 11.5 Å². The molecule has 4 unspecified atom stereocenters. The Morgan fingerprint density at radius 3 is 2.70 bits per heavy atom. The van der Waals surface area contributed by atoms with E-state index in [0.717, 1.165) is 31.4 Å². The SMILES string of the molecule is CC(=O)C1CCC2C3CC=C4OC(=O)CC[C@]4(C)C3CC[C@]12C. The molecule has 6 atom stereocenters. The summed E-state index contributed by atoms with van der Waals surface area (Å²) in [6, 6.07) is 0. The minimum absolute atomic E-state index is 0.0342. The van der Waals surface area contributed by atoms with Crippen LogP contribution >= 0.6 is 0 Å². The zero-order chi connectivity index (χ0) is 16.4. The third-order valence-corrected chi connectivity index (χ3v) is 7.96. The van der Waals surface area contributed by atoms with Crippen LogP contribution in [0.4, 0.5) is 0 Å². The number of allylic oxidation sites excluding steroid dienone is 2. The fraction of sp³-hybridized carbons (Fsp3) is 0.800. The summed E-state index contributed by atoms with van der Waals surface area (Å²) in [4.78, 5) is 23.8. The first-order chi connectivity index (χ1) is 10.9. The van der Waals surface area contributed by atoms with Gasteiger partial charge in [0.05, 0.1) is 0 Å². The van der Waals surface area contributed by atoms with E-state index in [-0.39, 0.29) is 22.7 Å². The molecule has 0 radical (unpaired) electrons. The van der Waals surface area contributed by atoms with Crippen LogP contribution in [0, 0.1) is 34.5 Å². The Balaban J connectivity index is 1.67. The van der Waals surface area contributed by atoms with Gasteiger partial charge in [-0.25, -0.2) is 0 Å². The van der Waals surface area contributed by atoms with E-state index in [9.17, 15) is 9.59 Å². The van der Waals surface area contributed by atoms with Gasteiger partial charge < -0.3 is 4.74 Å². The first-order valence-electron chi connectivity index (χ1n) is 9.28. The summed E-state index contributed by atoms with van der Waals surface area (Å²) in [5.41, 5.74) is 0.229. The number of hydrogen-bond donors (Lipinski definition) is 0. The fourth-order valence-corrected chi connectivity index (χ4v) is 6.74. The lowest BCUT2D eigenvalue weighted by atomic mass is 9.49. The summed E-state index contributed by atoms with van der Waals surface area (Å²) in [5, 5.41) is 0. The zero-order valence-electron chi connectivity index (χ0n) is 14.6. The van der Waals surface area contributed by atoms with Crippen LogP contribution in [-0.2, 0) is 14.3 Å². The van der Waals surface area contributed by atoms with Gasteiger partial charge in [0.25, 0.3) is 0 Å². The fourth-order valence-electron chi connectivity index (χ4n) is 6.74. The topological polar surface area (TPSA) is 43.4 Å². The van der Waals surface area contributed by atoms with Crippen LogP contribution in [0.5, 0.6) is 0 Å². The Bertz CT molecular complexity index is 592. The smallest absolute Gasteiger partial charge is 0.310 e. The van der Waals surface area contributed by atoms with Crippen molar-refractivity contribution in [1.29, 1.82) is 0 Å². The number of carbonyl (C=O) groups is 2. The molecule has 0 aromatic heterocycles. The Labute approximate surface area is 138 Å². The van der Waals surface area contributed by atoms with Crippen molar-refractivity contribution in [2.24, 2.45) is 34.5 Å². The zero-order valence-corrected chi connectivity index (χ0v) is 14.6. The number of Topliss-reactive ketones (excluding diaryl/α,β-unsaturated/α-hetero) is 1. The van der Waals surface area contributed by atoms with E-state index in [1.165, 1.54) is 12.8 Å². The second-order valence-electron chi connectivity index (χ2n) is 8.86. The molecule has 2 saturated carbocycles. The van der Waals surface area contributed by atoms with Gasteiger partial charge in [0, 0.05) is 17.8 Å². The maximum atomic E-state index is 12.1. The lowest BCUT2D eigenvalue weighted by Crippen LogP contribution is -2.51. The minimum Gasteiger partial charge on any atom is -0.431 e. The lowest BCUT2D eigenvalue weighted by molar-refractivity contribution is -0.152. The second kappa shape index (κ2) is 4.94. The molecule has 3 fully saturated rings. The predicted molar refractivity (Wildman–Crippen MR) is 87.3 cm³/mol. The number of ketones is 1. The number of esters is 1. The van der Waals surface area contributed by atoms with Gasteiger partial charge in [0.15, 0.2) is 0 Å². The van der Waals surface area contributed by atoms with Crippen molar-refractivity contribution in [2.45, 2.75) is 65.7 Å². The molecule has 1 heterocycles. The van der Waals surface area contributed by atoms with E-state index in [2.05, 4.69) is 19.9 Å². The van der Waals surface area contributed by atoms with E-state index < -0.39 is 0 Å². The molecule has 0 amide bonds. The van der Waals surface area contributed by atoms with Crippen molar-refractivity contribution in [3.63, 3.8) is 0 Å². The van der Waals surface area contributed by atoms with Gasteiger partial charge >= 0.3 is 5.97 Å². The molecular weight excluding hydrogens is 288 g/mol. The average molecular weight is 316 g/mol. The molecule has 3 nitrogen and oxygen atoms in total. The van der Waals surface area contributed by atoms with E-state index in [0.29, 0.717) is 30.0 Å². The number of carbonyl (C=O) groups excluding carboxylic acids is 2. The van der Waals surface area contributed by atoms with Gasteiger partial charge in [0.2, 0.25) is 0 Å². The van der Waals surface area contributed by atoms with Crippen molar-refractivity contribution in [3.8, 4) is 0 Å². The standard InChI is InChI=1S/C20H28O3/c1-12(21)14-5-6-15-13-4-7-17-20(3,11-9-18(22)23-17)16(13)8-10-19(14,15)2/h7,13-16H,4-6,8-11H2,1-3H3/t13?,14?,15?,16?,19-,20-/m1/s1. The minimum atomic E-state index is -0.0645. The van der Waals surface area contributed by atoms with Gasteiger partial charge in [-0.1, -0.05) is 13.8 Å². The number of rotatable bonds is 1. The lowest BCUT2D eigenvalue weighted by Gasteiger charge is -2.56. The molecular formula is C20H28O3. The molecule has 0 spiro atoms. The number of hydrogen-bond acceptors (Lipinski definition) is 3. The van der Waals surface area contributed by atoms with Crippen molar-refractivity contribution in [3.05, 3.63) is 11.8 Å². The third kappa shape index (κ3) is 2.01. The highest BCUT2D eigenvalue weighted by Gasteiger charge is 2.60. The van der Waals surface area contributed by atoms with Crippen LogP contribution in [0.1, 0.15) is 65.7 Å². The van der Waals surface area contributed by atoms with Crippen molar-refractivity contribution < 1.29 is 14.3 Å². The third-order valence-electron chi connectivity index (χ3n) is 7.96. The molecule has 4 aliphatic rings. The molecule has 23 heavy (non-hydrogen) atoms. The summed E-state index contributed by atoms with van der Waals surface area (Å²) in [5.74, 6) is 3.45. The Morgan fingerprint density at radius 2 is 1.96 bits per heavy atom. The largest absolute Gasteiger partial charge is 0.431 e. The molecule has 3 aliphatic carbocycles. The molecule has 3 heteroatoms. The summed E-state index contributed by atoms with van der Waals surface area (Å²) in [7, 11) is 0. The number of fused-ring (bicyclic) bond motifs is 5. The van der Waals surface area contributed by atoms with Gasteiger partial charge in [-0.15, -0.1) is 0 Å². The summed E-state index contributed by atoms with van der Waals surface area (Å²) in [6.45, 7) is 6.46. The van der Waals surface area contributed by atoms with Crippen LogP contribution in [0.3, 0.4) is 0 Å². The van der Waals surface area contributed by atoms with Gasteiger partial charge in [-0.05, 0) is 74.7 Å². The Morgan fingerprint density at radius 1 is 1.17 bits per heavy atom. The van der Waals surface area contributed by atoms with E-state index in [4.69, 9.17) is 4.74 Å². The second-order valence-corrected chi connectivity index (χ2v) is 8.86. The Hall–Kier alpha value is -1.12. The van der Waals surface area contributed by atoms with E-state index in [1.807, 2.05) is 0 Å². The molecule has 1 saturated heterocycles. The van der Waals surface area contributed by atoms with Crippen LogP contribution in [0.2, 0.25) is 0 Å². The number of ether oxygens (including phenoxy) is 1. The maximum Gasteiger partial charge on any atom is 0.310 e. The molecule has 0 aromatic rings. The Kier molecular flexibility index (Phi) is 3.31. The first kappa shape index (κ1) is 15.4. The van der Waals surface area contributed by atoms with E-state index in [1.54, 1.807) is 6.92 Å².